The third kappa shape index (κ3) is 1.88. The zero-order valence-corrected chi connectivity index (χ0v) is 7.26. The number of hydrogen-bond donors (Lipinski definition) is 2. The lowest BCUT2D eigenvalue weighted by Gasteiger charge is -2.08. The topological polar surface area (TPSA) is 84.7 Å². The van der Waals surface area contributed by atoms with E-state index in [4.69, 9.17) is 19.5 Å². The minimum Gasteiger partial charge on any atom is -0.481 e. The van der Waals surface area contributed by atoms with E-state index in [9.17, 15) is 0 Å². The Balaban J connectivity index is 3.21. The highest BCUT2D eigenvalue weighted by Gasteiger charge is 2.24. The molecule has 0 radical (unpaired) electrons. The van der Waals surface area contributed by atoms with Crippen LogP contribution in [0.15, 0.2) is 6.33 Å². The second-order valence-electron chi connectivity index (χ2n) is 2.18. The molecule has 0 saturated heterocycles. The minimum atomic E-state index is -1.72. The lowest BCUT2D eigenvalue weighted by molar-refractivity contribution is 0.367. The summed E-state index contributed by atoms with van der Waals surface area (Å²) in [4.78, 5) is 7.39. The summed E-state index contributed by atoms with van der Waals surface area (Å²) in [5, 5.41) is 17.9. The van der Waals surface area contributed by atoms with Crippen LogP contribution >= 0.6 is 0 Å². The Morgan fingerprint density at radius 1 is 1.15 bits per heavy atom. The van der Waals surface area contributed by atoms with Gasteiger partial charge >= 0.3 is 7.12 Å². The van der Waals surface area contributed by atoms with Crippen molar-refractivity contribution in [1.29, 1.82) is 0 Å². The molecule has 1 rings (SSSR count). The molecule has 70 valence electrons. The molecule has 0 unspecified atom stereocenters. The van der Waals surface area contributed by atoms with Crippen LogP contribution < -0.4 is 14.9 Å². The van der Waals surface area contributed by atoms with Crippen molar-refractivity contribution >= 4 is 12.6 Å². The van der Waals surface area contributed by atoms with Crippen LogP contribution in [0.1, 0.15) is 0 Å². The number of hydrogen-bond acceptors (Lipinski definition) is 6. The van der Waals surface area contributed by atoms with Gasteiger partial charge in [0, 0.05) is 0 Å². The third-order valence-electron chi connectivity index (χ3n) is 1.46. The maximum Gasteiger partial charge on any atom is 0.499 e. The summed E-state index contributed by atoms with van der Waals surface area (Å²) in [5.74, 6) is 0.170. The standard InChI is InChI=1S/C6H9BN2O4/c1-12-5-4(7(10)11)6(13-2)9-3-8-5/h3,10-11H,1-2H3. The van der Waals surface area contributed by atoms with Gasteiger partial charge in [0.25, 0.3) is 0 Å². The van der Waals surface area contributed by atoms with Gasteiger partial charge in [0.1, 0.15) is 11.8 Å². The summed E-state index contributed by atoms with van der Waals surface area (Å²) in [7, 11) is 1.02. The van der Waals surface area contributed by atoms with Crippen LogP contribution in [0.4, 0.5) is 0 Å². The SMILES string of the molecule is COc1ncnc(OC)c1B(O)O. The largest absolute Gasteiger partial charge is 0.499 e. The first-order valence-corrected chi connectivity index (χ1v) is 3.49. The Morgan fingerprint density at radius 3 is 1.92 bits per heavy atom. The first-order chi connectivity index (χ1) is 6.20. The molecule has 13 heavy (non-hydrogen) atoms. The molecule has 0 amide bonds. The quantitative estimate of drug-likeness (QED) is 0.537. The Morgan fingerprint density at radius 2 is 1.62 bits per heavy atom. The van der Waals surface area contributed by atoms with E-state index in [2.05, 4.69) is 9.97 Å². The maximum absolute atomic E-state index is 8.96. The molecule has 0 aliphatic heterocycles. The molecule has 1 aromatic heterocycles. The fourth-order valence-corrected chi connectivity index (χ4v) is 0.911. The molecule has 0 bridgehead atoms. The summed E-state index contributed by atoms with van der Waals surface area (Å²) in [6, 6.07) is 0. The van der Waals surface area contributed by atoms with E-state index in [1.807, 2.05) is 0 Å². The highest BCUT2D eigenvalue weighted by Crippen LogP contribution is 2.09. The molecule has 0 aliphatic carbocycles. The van der Waals surface area contributed by atoms with Crippen LogP contribution in [0, 0.1) is 0 Å². The fraction of sp³-hybridized carbons (Fsp3) is 0.333. The van der Waals surface area contributed by atoms with Gasteiger partial charge in [-0.2, -0.15) is 0 Å². The number of ether oxygens (including phenoxy) is 2. The van der Waals surface area contributed by atoms with Gasteiger partial charge in [-0.05, 0) is 0 Å². The molecule has 2 N–H and O–H groups in total. The normalized spacial score (nSPS) is 9.54. The minimum absolute atomic E-state index is 0.0208. The van der Waals surface area contributed by atoms with Gasteiger partial charge in [0.15, 0.2) is 0 Å². The lowest BCUT2D eigenvalue weighted by atomic mass is 9.81. The highest BCUT2D eigenvalue weighted by molar-refractivity contribution is 6.60. The molecule has 0 spiro atoms. The molecule has 0 saturated carbocycles. The van der Waals surface area contributed by atoms with Crippen molar-refractivity contribution in [3.05, 3.63) is 6.33 Å². The monoisotopic (exact) mass is 184 g/mol. The molecule has 0 aromatic carbocycles. The fourth-order valence-electron chi connectivity index (χ4n) is 0.911. The predicted octanol–water partition coefficient (Wildman–Crippen LogP) is -1.83. The molecule has 0 aliphatic rings. The average Bonchev–Trinajstić information content (AvgIpc) is 2.16. The van der Waals surface area contributed by atoms with Crippen LogP contribution in [0.2, 0.25) is 0 Å². The number of aromatic nitrogens is 2. The van der Waals surface area contributed by atoms with Crippen molar-refractivity contribution in [2.24, 2.45) is 0 Å². The summed E-state index contributed by atoms with van der Waals surface area (Å²) < 4.78 is 9.60. The van der Waals surface area contributed by atoms with Crippen molar-refractivity contribution in [3.8, 4) is 11.8 Å². The Bertz CT molecular complexity index is 272. The van der Waals surface area contributed by atoms with Crippen LogP contribution in [-0.2, 0) is 0 Å². The van der Waals surface area contributed by atoms with E-state index in [1.54, 1.807) is 0 Å². The van der Waals surface area contributed by atoms with E-state index in [0.717, 1.165) is 0 Å². The van der Waals surface area contributed by atoms with Gasteiger partial charge in [-0.3, -0.25) is 0 Å². The summed E-state index contributed by atoms with van der Waals surface area (Å²) in [5.41, 5.74) is 0.0208. The molecule has 0 atom stereocenters. The highest BCUT2D eigenvalue weighted by atomic mass is 16.5. The molecule has 6 nitrogen and oxygen atoms in total. The number of nitrogens with zero attached hydrogens (tertiary/aromatic N) is 2. The van der Waals surface area contributed by atoms with Crippen LogP contribution in [0.5, 0.6) is 11.8 Å². The van der Waals surface area contributed by atoms with E-state index in [1.165, 1.54) is 20.5 Å². The Kier molecular flexibility index (Phi) is 3.05. The molecule has 1 aromatic rings. The van der Waals surface area contributed by atoms with E-state index < -0.39 is 7.12 Å². The molecule has 1 heterocycles. The van der Waals surface area contributed by atoms with Crippen LogP contribution in [0.25, 0.3) is 0 Å². The van der Waals surface area contributed by atoms with Crippen LogP contribution in [0.3, 0.4) is 0 Å². The second-order valence-corrected chi connectivity index (χ2v) is 2.18. The molecule has 0 fully saturated rings. The summed E-state index contributed by atoms with van der Waals surface area (Å²) in [6.45, 7) is 0. The van der Waals surface area contributed by atoms with Crippen molar-refractivity contribution in [1.82, 2.24) is 9.97 Å². The van der Waals surface area contributed by atoms with Gasteiger partial charge in [-0.15, -0.1) is 0 Å². The van der Waals surface area contributed by atoms with Crippen molar-refractivity contribution < 1.29 is 19.5 Å². The zero-order chi connectivity index (χ0) is 9.84. The lowest BCUT2D eigenvalue weighted by Crippen LogP contribution is -2.33. The number of methoxy groups -OCH3 is 2. The van der Waals surface area contributed by atoms with Crippen LogP contribution in [-0.4, -0.2) is 41.4 Å². The predicted molar refractivity (Wildman–Crippen MR) is 45.0 cm³/mol. The van der Waals surface area contributed by atoms with Gasteiger partial charge < -0.3 is 19.5 Å². The van der Waals surface area contributed by atoms with Crippen molar-refractivity contribution in [2.75, 3.05) is 14.2 Å². The van der Waals surface area contributed by atoms with Crippen molar-refractivity contribution in [2.45, 2.75) is 0 Å². The van der Waals surface area contributed by atoms with Gasteiger partial charge in [0.05, 0.1) is 14.2 Å². The zero-order valence-electron chi connectivity index (χ0n) is 7.26. The first-order valence-electron chi connectivity index (χ1n) is 3.49. The second kappa shape index (κ2) is 4.06. The Labute approximate surface area is 75.3 Å². The number of rotatable bonds is 3. The molecule has 7 heteroatoms. The van der Waals surface area contributed by atoms with E-state index in [-0.39, 0.29) is 17.2 Å². The molecular weight excluding hydrogens is 175 g/mol. The van der Waals surface area contributed by atoms with Gasteiger partial charge in [-0.1, -0.05) is 0 Å². The summed E-state index contributed by atoms with van der Waals surface area (Å²) in [6.07, 6.45) is 1.21. The van der Waals surface area contributed by atoms with Gasteiger partial charge in [-0.25, -0.2) is 9.97 Å². The average molecular weight is 184 g/mol. The third-order valence-corrected chi connectivity index (χ3v) is 1.46. The van der Waals surface area contributed by atoms with E-state index >= 15 is 0 Å². The van der Waals surface area contributed by atoms with E-state index in [0.29, 0.717) is 0 Å². The summed E-state index contributed by atoms with van der Waals surface area (Å²) >= 11 is 0. The smallest absolute Gasteiger partial charge is 0.481 e. The Hall–Kier alpha value is -1.34. The first kappa shape index (κ1) is 9.75. The maximum atomic E-state index is 8.96. The molecular formula is C6H9BN2O4. The van der Waals surface area contributed by atoms with Crippen molar-refractivity contribution in [3.63, 3.8) is 0 Å². The van der Waals surface area contributed by atoms with Gasteiger partial charge in [0.2, 0.25) is 11.8 Å².